The first-order valence-corrected chi connectivity index (χ1v) is 7.28. The number of hydrogen-bond donors (Lipinski definition) is 2. The summed E-state index contributed by atoms with van der Waals surface area (Å²) in [4.78, 5) is 0. The van der Waals surface area contributed by atoms with Crippen molar-refractivity contribution < 1.29 is 4.39 Å². The van der Waals surface area contributed by atoms with Crippen LogP contribution in [-0.2, 0) is 19.9 Å². The maximum atomic E-state index is 13.0. The number of nitrogens with zero attached hydrogens (tertiary/aromatic N) is 2. The molecule has 1 aromatic heterocycles. The Bertz CT molecular complexity index is 580. The van der Waals surface area contributed by atoms with Gasteiger partial charge in [0.05, 0.1) is 21.9 Å². The van der Waals surface area contributed by atoms with Gasteiger partial charge in [-0.3, -0.25) is 16.0 Å². The highest BCUT2D eigenvalue weighted by Gasteiger charge is 2.18. The molecule has 2 rings (SSSR count). The molecule has 0 aliphatic carbocycles. The Hall–Kier alpha value is -1.24. The zero-order valence-electron chi connectivity index (χ0n) is 11.5. The summed E-state index contributed by atoms with van der Waals surface area (Å²) in [6.45, 7) is 2.06. The van der Waals surface area contributed by atoms with E-state index in [9.17, 15) is 4.39 Å². The molecule has 4 nitrogen and oxygen atoms in total. The van der Waals surface area contributed by atoms with E-state index >= 15 is 0 Å². The predicted molar refractivity (Wildman–Crippen MR) is 80.5 cm³/mol. The van der Waals surface area contributed by atoms with Crippen molar-refractivity contribution in [2.45, 2.75) is 25.8 Å². The van der Waals surface area contributed by atoms with Crippen LogP contribution in [0.2, 0.25) is 0 Å². The van der Waals surface area contributed by atoms with Gasteiger partial charge in [-0.25, -0.2) is 4.39 Å². The zero-order chi connectivity index (χ0) is 14.7. The molecule has 0 aliphatic heterocycles. The molecule has 0 spiro atoms. The van der Waals surface area contributed by atoms with E-state index in [0.29, 0.717) is 6.42 Å². The molecule has 1 aromatic carbocycles. The van der Waals surface area contributed by atoms with Crippen molar-refractivity contribution in [3.63, 3.8) is 0 Å². The number of hydrazine groups is 1. The van der Waals surface area contributed by atoms with E-state index in [1.54, 1.807) is 12.1 Å². The molecule has 0 amide bonds. The molecule has 1 atom stereocenters. The van der Waals surface area contributed by atoms with E-state index in [1.807, 2.05) is 11.7 Å². The van der Waals surface area contributed by atoms with Gasteiger partial charge >= 0.3 is 0 Å². The van der Waals surface area contributed by atoms with E-state index < -0.39 is 0 Å². The van der Waals surface area contributed by atoms with Gasteiger partial charge in [0.1, 0.15) is 5.82 Å². The Morgan fingerprint density at radius 3 is 2.55 bits per heavy atom. The quantitative estimate of drug-likeness (QED) is 0.649. The number of benzene rings is 1. The second-order valence-electron chi connectivity index (χ2n) is 4.66. The number of hydrogen-bond acceptors (Lipinski definition) is 3. The van der Waals surface area contributed by atoms with E-state index in [0.717, 1.165) is 27.8 Å². The maximum absolute atomic E-state index is 13.0. The second kappa shape index (κ2) is 6.47. The van der Waals surface area contributed by atoms with Crippen LogP contribution in [0.4, 0.5) is 4.39 Å². The third-order valence-corrected chi connectivity index (χ3v) is 4.29. The Morgan fingerprint density at radius 2 is 2.05 bits per heavy atom. The highest BCUT2D eigenvalue weighted by Crippen LogP contribution is 2.26. The third-order valence-electron chi connectivity index (χ3n) is 3.37. The lowest BCUT2D eigenvalue weighted by Crippen LogP contribution is -2.30. The largest absolute Gasteiger partial charge is 0.271 e. The SMILES string of the molecule is CCc1nn(C)c(CC(NN)c2ccc(F)cc2)c1Br. The van der Waals surface area contributed by atoms with Crippen molar-refractivity contribution in [2.75, 3.05) is 0 Å². The Morgan fingerprint density at radius 1 is 1.40 bits per heavy atom. The van der Waals surface area contributed by atoms with Gasteiger partial charge in [-0.15, -0.1) is 0 Å². The molecule has 20 heavy (non-hydrogen) atoms. The fourth-order valence-electron chi connectivity index (χ4n) is 2.20. The minimum absolute atomic E-state index is 0.0907. The zero-order valence-corrected chi connectivity index (χ0v) is 13.1. The van der Waals surface area contributed by atoms with E-state index in [1.165, 1.54) is 12.1 Å². The molecule has 0 saturated heterocycles. The van der Waals surface area contributed by atoms with E-state index in [-0.39, 0.29) is 11.9 Å². The predicted octanol–water partition coefficient (Wildman–Crippen LogP) is 2.63. The Labute approximate surface area is 126 Å². The number of nitrogens with one attached hydrogen (secondary N) is 1. The van der Waals surface area contributed by atoms with Crippen LogP contribution in [0.1, 0.15) is 29.9 Å². The molecular weight excluding hydrogens is 323 g/mol. The van der Waals surface area contributed by atoms with Crippen molar-refractivity contribution in [3.05, 3.63) is 51.5 Å². The first kappa shape index (κ1) is 15.2. The number of halogens is 2. The molecule has 6 heteroatoms. The molecule has 108 valence electrons. The van der Waals surface area contributed by atoms with Gasteiger partial charge in [-0.05, 0) is 40.0 Å². The van der Waals surface area contributed by atoms with Gasteiger partial charge in [0.25, 0.3) is 0 Å². The normalized spacial score (nSPS) is 12.7. The van der Waals surface area contributed by atoms with Gasteiger partial charge < -0.3 is 0 Å². The number of rotatable bonds is 5. The Balaban J connectivity index is 2.26. The van der Waals surface area contributed by atoms with Crippen LogP contribution < -0.4 is 11.3 Å². The topological polar surface area (TPSA) is 55.9 Å². The summed E-state index contributed by atoms with van der Waals surface area (Å²) < 4.78 is 15.9. The minimum atomic E-state index is -0.250. The monoisotopic (exact) mass is 340 g/mol. The fraction of sp³-hybridized carbons (Fsp3) is 0.357. The lowest BCUT2D eigenvalue weighted by molar-refractivity contribution is 0.527. The lowest BCUT2D eigenvalue weighted by atomic mass is 10.0. The van der Waals surface area contributed by atoms with Crippen LogP contribution in [-0.4, -0.2) is 9.78 Å². The van der Waals surface area contributed by atoms with Crippen molar-refractivity contribution in [3.8, 4) is 0 Å². The van der Waals surface area contributed by atoms with Gasteiger partial charge in [0, 0.05) is 13.5 Å². The highest BCUT2D eigenvalue weighted by molar-refractivity contribution is 9.10. The van der Waals surface area contributed by atoms with Crippen LogP contribution in [0.15, 0.2) is 28.7 Å². The average Bonchev–Trinajstić information content (AvgIpc) is 2.72. The molecule has 3 N–H and O–H groups in total. The fourth-order valence-corrected chi connectivity index (χ4v) is 2.98. The molecule has 0 saturated carbocycles. The highest BCUT2D eigenvalue weighted by atomic mass is 79.9. The van der Waals surface area contributed by atoms with Crippen molar-refractivity contribution in [2.24, 2.45) is 12.9 Å². The summed E-state index contributed by atoms with van der Waals surface area (Å²) in [5.41, 5.74) is 5.82. The van der Waals surface area contributed by atoms with E-state index in [4.69, 9.17) is 5.84 Å². The molecule has 0 bridgehead atoms. The van der Waals surface area contributed by atoms with E-state index in [2.05, 4.69) is 33.4 Å². The first-order valence-electron chi connectivity index (χ1n) is 6.48. The van der Waals surface area contributed by atoms with Crippen LogP contribution in [0.5, 0.6) is 0 Å². The summed E-state index contributed by atoms with van der Waals surface area (Å²) in [6, 6.07) is 6.27. The number of aromatic nitrogens is 2. The second-order valence-corrected chi connectivity index (χ2v) is 5.45. The van der Waals surface area contributed by atoms with Crippen molar-refractivity contribution in [1.29, 1.82) is 0 Å². The van der Waals surface area contributed by atoms with Gasteiger partial charge in [-0.2, -0.15) is 5.10 Å². The van der Waals surface area contributed by atoms with Crippen LogP contribution in [0.3, 0.4) is 0 Å². The first-order chi connectivity index (χ1) is 9.56. The molecule has 0 aliphatic rings. The van der Waals surface area contributed by atoms with Crippen LogP contribution in [0.25, 0.3) is 0 Å². The average molecular weight is 341 g/mol. The van der Waals surface area contributed by atoms with Crippen molar-refractivity contribution in [1.82, 2.24) is 15.2 Å². The van der Waals surface area contributed by atoms with Crippen molar-refractivity contribution >= 4 is 15.9 Å². The summed E-state index contributed by atoms with van der Waals surface area (Å²) in [5, 5.41) is 4.46. The molecular formula is C14H18BrFN4. The molecule has 0 radical (unpaired) electrons. The molecule has 1 heterocycles. The molecule has 1 unspecified atom stereocenters. The lowest BCUT2D eigenvalue weighted by Gasteiger charge is -2.16. The van der Waals surface area contributed by atoms with Gasteiger partial charge in [-0.1, -0.05) is 19.1 Å². The molecule has 2 aromatic rings. The van der Waals surface area contributed by atoms with Gasteiger partial charge in [0.2, 0.25) is 0 Å². The number of nitrogens with two attached hydrogens (primary N) is 1. The summed E-state index contributed by atoms with van der Waals surface area (Å²) in [5.74, 6) is 5.39. The van der Waals surface area contributed by atoms with Crippen LogP contribution >= 0.6 is 15.9 Å². The number of aryl methyl sites for hydroxylation is 2. The minimum Gasteiger partial charge on any atom is -0.271 e. The molecule has 0 fully saturated rings. The summed E-state index contributed by atoms with van der Waals surface area (Å²) in [6.07, 6.45) is 1.54. The summed E-state index contributed by atoms with van der Waals surface area (Å²) in [7, 11) is 1.91. The van der Waals surface area contributed by atoms with Crippen LogP contribution in [0, 0.1) is 5.82 Å². The third kappa shape index (κ3) is 3.08. The Kier molecular flexibility index (Phi) is 4.91. The summed E-state index contributed by atoms with van der Waals surface area (Å²) >= 11 is 3.59. The maximum Gasteiger partial charge on any atom is 0.123 e. The van der Waals surface area contributed by atoms with Gasteiger partial charge in [0.15, 0.2) is 0 Å². The smallest absolute Gasteiger partial charge is 0.123 e. The standard InChI is InChI=1S/C14H18BrFN4/c1-3-11-14(15)13(20(2)19-11)8-12(18-17)9-4-6-10(16)7-5-9/h4-7,12,18H,3,8,17H2,1-2H3.